The lowest BCUT2D eigenvalue weighted by atomic mass is 10.3. The number of carbonyl (C=O) groups is 1. The topological polar surface area (TPSA) is 81.8 Å². The van der Waals surface area contributed by atoms with Gasteiger partial charge in [-0.3, -0.25) is 13.9 Å². The van der Waals surface area contributed by atoms with Crippen LogP contribution < -0.4 is 11.0 Å². The van der Waals surface area contributed by atoms with E-state index in [0.29, 0.717) is 11.7 Å². The Hall–Kier alpha value is -2.48. The highest BCUT2D eigenvalue weighted by Crippen LogP contribution is 2.17. The average Bonchev–Trinajstić information content (AvgIpc) is 3.10. The molecule has 3 aromatic rings. The normalized spacial score (nSPS) is 11.1. The molecule has 2 aromatic heterocycles. The Morgan fingerprint density at radius 3 is 2.75 bits per heavy atom. The van der Waals surface area contributed by atoms with E-state index >= 15 is 0 Å². The number of rotatable bonds is 6. The van der Waals surface area contributed by atoms with Crippen LogP contribution in [0.1, 0.15) is 24.8 Å². The van der Waals surface area contributed by atoms with Crippen molar-refractivity contribution in [1.29, 1.82) is 0 Å². The number of benzene rings is 1. The minimum atomic E-state index is -0.172. The maximum Gasteiger partial charge on any atom is 0.328 e. The van der Waals surface area contributed by atoms with Crippen LogP contribution >= 0.6 is 11.3 Å². The van der Waals surface area contributed by atoms with Gasteiger partial charge >= 0.3 is 5.69 Å². The van der Waals surface area contributed by atoms with Crippen molar-refractivity contribution >= 4 is 33.4 Å². The van der Waals surface area contributed by atoms with Gasteiger partial charge in [-0.25, -0.2) is 4.79 Å². The van der Waals surface area contributed by atoms with Gasteiger partial charge in [0, 0.05) is 26.4 Å². The average molecular weight is 345 g/mol. The summed E-state index contributed by atoms with van der Waals surface area (Å²) in [4.78, 5) is 24.4. The molecule has 0 fully saturated rings. The Labute approximate surface area is 142 Å². The molecule has 1 aromatic carbocycles. The van der Waals surface area contributed by atoms with Gasteiger partial charge in [0.2, 0.25) is 11.0 Å². The predicted octanol–water partition coefficient (Wildman–Crippen LogP) is 2.17. The van der Waals surface area contributed by atoms with Crippen molar-refractivity contribution in [2.75, 3.05) is 5.32 Å². The van der Waals surface area contributed by atoms with Crippen LogP contribution in [0.2, 0.25) is 0 Å². The van der Waals surface area contributed by atoms with E-state index in [1.54, 1.807) is 16.2 Å². The maximum atomic E-state index is 12.3. The van der Waals surface area contributed by atoms with Gasteiger partial charge in [-0.2, -0.15) is 0 Å². The van der Waals surface area contributed by atoms with Crippen LogP contribution in [0, 0.1) is 0 Å². The van der Waals surface area contributed by atoms with Crippen LogP contribution in [0.4, 0.5) is 5.13 Å². The fraction of sp³-hybridized carbons (Fsp3) is 0.375. The number of fused-ring (bicyclic) bond motifs is 1. The van der Waals surface area contributed by atoms with Gasteiger partial charge in [0.05, 0.1) is 11.0 Å². The lowest BCUT2D eigenvalue weighted by Gasteiger charge is -2.03. The smallest absolute Gasteiger partial charge is 0.300 e. The van der Waals surface area contributed by atoms with E-state index in [1.165, 1.54) is 11.3 Å². The van der Waals surface area contributed by atoms with E-state index in [0.717, 1.165) is 28.9 Å². The van der Waals surface area contributed by atoms with Gasteiger partial charge in [-0.15, -0.1) is 10.2 Å². The van der Waals surface area contributed by atoms with Gasteiger partial charge in [-0.1, -0.05) is 30.4 Å². The molecule has 2 heterocycles. The molecule has 0 spiro atoms. The zero-order valence-electron chi connectivity index (χ0n) is 13.7. The molecule has 0 aliphatic carbocycles. The molecule has 0 aliphatic heterocycles. The number of amides is 1. The number of hydrogen-bond donors (Lipinski definition) is 1. The number of nitrogens with zero attached hydrogens (tertiary/aromatic N) is 4. The molecule has 126 valence electrons. The van der Waals surface area contributed by atoms with Gasteiger partial charge in [0.15, 0.2) is 0 Å². The number of aryl methyl sites for hydroxylation is 3. The van der Waals surface area contributed by atoms with Gasteiger partial charge in [0.1, 0.15) is 5.01 Å². The first-order chi connectivity index (χ1) is 11.6. The van der Waals surface area contributed by atoms with E-state index in [-0.39, 0.29) is 18.0 Å². The molecular formula is C16H19N5O2S. The molecule has 1 N–H and O–H groups in total. The summed E-state index contributed by atoms with van der Waals surface area (Å²) in [6.07, 6.45) is 2.06. The second-order valence-corrected chi connectivity index (χ2v) is 6.59. The number of imidazole rings is 1. The summed E-state index contributed by atoms with van der Waals surface area (Å²) in [5, 5.41) is 12.2. The number of hydrogen-bond acceptors (Lipinski definition) is 5. The Bertz CT molecular complexity index is 924. The zero-order valence-corrected chi connectivity index (χ0v) is 14.5. The van der Waals surface area contributed by atoms with Crippen LogP contribution in [-0.4, -0.2) is 25.2 Å². The van der Waals surface area contributed by atoms with Gasteiger partial charge < -0.3 is 5.32 Å². The molecule has 7 nitrogen and oxygen atoms in total. The van der Waals surface area contributed by atoms with Crippen LogP contribution in [0.25, 0.3) is 11.0 Å². The van der Waals surface area contributed by atoms with Crippen molar-refractivity contribution < 1.29 is 4.79 Å². The van der Waals surface area contributed by atoms with Crippen molar-refractivity contribution in [3.63, 3.8) is 0 Å². The lowest BCUT2D eigenvalue weighted by molar-refractivity contribution is -0.116. The first-order valence-electron chi connectivity index (χ1n) is 7.86. The van der Waals surface area contributed by atoms with Crippen molar-refractivity contribution in [1.82, 2.24) is 19.3 Å². The summed E-state index contributed by atoms with van der Waals surface area (Å²) < 4.78 is 3.21. The molecule has 0 bridgehead atoms. The Morgan fingerprint density at radius 2 is 2.00 bits per heavy atom. The minimum absolute atomic E-state index is 0.120. The van der Waals surface area contributed by atoms with E-state index in [4.69, 9.17) is 0 Å². The van der Waals surface area contributed by atoms with E-state index in [2.05, 4.69) is 22.4 Å². The first-order valence-corrected chi connectivity index (χ1v) is 8.68. The van der Waals surface area contributed by atoms with Crippen LogP contribution in [0.15, 0.2) is 29.1 Å². The molecular weight excluding hydrogens is 326 g/mol. The van der Waals surface area contributed by atoms with Crippen LogP contribution in [0.5, 0.6) is 0 Å². The largest absolute Gasteiger partial charge is 0.328 e. The minimum Gasteiger partial charge on any atom is -0.300 e. The number of carbonyl (C=O) groups excluding carboxylic acids is 1. The number of para-hydroxylation sites is 2. The van der Waals surface area contributed by atoms with E-state index < -0.39 is 0 Å². The molecule has 0 aliphatic rings. The summed E-state index contributed by atoms with van der Waals surface area (Å²) in [7, 11) is 1.73. The third kappa shape index (κ3) is 3.23. The van der Waals surface area contributed by atoms with E-state index in [1.807, 2.05) is 24.3 Å². The maximum absolute atomic E-state index is 12.3. The van der Waals surface area contributed by atoms with Crippen LogP contribution in [-0.2, 0) is 24.8 Å². The second-order valence-electron chi connectivity index (χ2n) is 5.53. The third-order valence-electron chi connectivity index (χ3n) is 3.79. The molecule has 8 heteroatoms. The molecule has 0 unspecified atom stereocenters. The highest BCUT2D eigenvalue weighted by Gasteiger charge is 2.12. The molecule has 24 heavy (non-hydrogen) atoms. The summed E-state index contributed by atoms with van der Waals surface area (Å²) in [6, 6.07) is 7.55. The molecule has 1 amide bonds. The highest BCUT2D eigenvalue weighted by atomic mass is 32.1. The summed E-state index contributed by atoms with van der Waals surface area (Å²) in [5.41, 5.74) is 1.57. The summed E-state index contributed by atoms with van der Waals surface area (Å²) >= 11 is 1.39. The molecule has 3 rings (SSSR count). The van der Waals surface area contributed by atoms with Gasteiger partial charge in [-0.05, 0) is 18.6 Å². The number of nitrogens with one attached hydrogen (secondary N) is 1. The molecule has 0 saturated carbocycles. The number of aromatic nitrogens is 4. The van der Waals surface area contributed by atoms with E-state index in [9.17, 15) is 9.59 Å². The summed E-state index contributed by atoms with van der Waals surface area (Å²) in [6.45, 7) is 2.40. The monoisotopic (exact) mass is 345 g/mol. The predicted molar refractivity (Wildman–Crippen MR) is 94.3 cm³/mol. The zero-order chi connectivity index (χ0) is 17.1. The second kappa shape index (κ2) is 6.96. The SMILES string of the molecule is CCCc1nnc(NC(=O)CCn2c(=O)n(C)c3ccccc32)s1. The Morgan fingerprint density at radius 1 is 1.25 bits per heavy atom. The Balaban J connectivity index is 1.68. The first kappa shape index (κ1) is 16.4. The van der Waals surface area contributed by atoms with Crippen molar-refractivity contribution in [2.45, 2.75) is 32.7 Å². The lowest BCUT2D eigenvalue weighted by Crippen LogP contribution is -2.24. The fourth-order valence-corrected chi connectivity index (χ4v) is 3.45. The molecule has 0 atom stereocenters. The number of anilines is 1. The standard InChI is InChI=1S/C16H19N5O2S/c1-3-6-14-18-19-15(24-14)17-13(22)9-10-21-12-8-5-4-7-11(12)20(2)16(21)23/h4-5,7-8H,3,6,9-10H2,1-2H3,(H,17,19,22). The van der Waals surface area contributed by atoms with Crippen molar-refractivity contribution in [2.24, 2.45) is 7.05 Å². The quantitative estimate of drug-likeness (QED) is 0.742. The Kier molecular flexibility index (Phi) is 4.75. The summed E-state index contributed by atoms with van der Waals surface area (Å²) in [5.74, 6) is -0.172. The third-order valence-corrected chi connectivity index (χ3v) is 4.69. The molecule has 0 saturated heterocycles. The van der Waals surface area contributed by atoms with Crippen LogP contribution in [0.3, 0.4) is 0 Å². The fourth-order valence-electron chi connectivity index (χ4n) is 2.59. The molecule has 0 radical (unpaired) electrons. The van der Waals surface area contributed by atoms with Crippen molar-refractivity contribution in [3.05, 3.63) is 39.8 Å². The van der Waals surface area contributed by atoms with Crippen molar-refractivity contribution in [3.8, 4) is 0 Å². The highest BCUT2D eigenvalue weighted by molar-refractivity contribution is 7.15. The van der Waals surface area contributed by atoms with Gasteiger partial charge in [0.25, 0.3) is 0 Å².